The summed E-state index contributed by atoms with van der Waals surface area (Å²) in [6.07, 6.45) is 24.2. The summed E-state index contributed by atoms with van der Waals surface area (Å²) in [6.45, 7) is 12.5. The lowest BCUT2D eigenvalue weighted by atomic mass is 9.85. The molecule has 0 radical (unpaired) electrons. The number of nitrogens with one attached hydrogen (secondary N) is 2. The molecule has 47 heavy (non-hydrogen) atoms. The predicted octanol–water partition coefficient (Wildman–Crippen LogP) is 8.93. The average Bonchev–Trinajstić information content (AvgIpc) is 3.02. The van der Waals surface area contributed by atoms with Crippen LogP contribution in [0.3, 0.4) is 0 Å². The molecule has 8 nitrogen and oxygen atoms in total. The van der Waals surface area contributed by atoms with E-state index in [4.69, 9.17) is 14.2 Å². The van der Waals surface area contributed by atoms with E-state index in [1.165, 1.54) is 83.5 Å². The third-order valence-electron chi connectivity index (χ3n) is 9.95. The molecule has 2 aliphatic rings. The molecular formula is C39H72N2O6. The summed E-state index contributed by atoms with van der Waals surface area (Å²) in [4.78, 5) is 38.7. The fourth-order valence-corrected chi connectivity index (χ4v) is 6.99. The van der Waals surface area contributed by atoms with Gasteiger partial charge in [0.15, 0.2) is 5.79 Å². The Balaban J connectivity index is 1.59. The average molecular weight is 665 g/mol. The summed E-state index contributed by atoms with van der Waals surface area (Å²) in [7, 11) is 0. The molecule has 4 atom stereocenters. The molecule has 1 aliphatic heterocycles. The molecule has 2 fully saturated rings. The maximum absolute atomic E-state index is 13.2. The van der Waals surface area contributed by atoms with Crippen molar-refractivity contribution in [1.82, 2.24) is 10.6 Å². The first-order valence-corrected chi connectivity index (χ1v) is 19.6. The SMILES string of the molecule is CCCCCCCCCCCCCCCCC(CCC)C(=O)NC1CCCC(OC(=O)CCNC(=O)C2OC(C)(C)OCC2(C)C)C1. The van der Waals surface area contributed by atoms with Crippen LogP contribution in [0.25, 0.3) is 0 Å². The fraction of sp³-hybridized carbons (Fsp3) is 0.923. The number of carbonyl (C=O) groups excluding carboxylic acids is 3. The van der Waals surface area contributed by atoms with E-state index in [0.717, 1.165) is 44.9 Å². The summed E-state index contributed by atoms with van der Waals surface area (Å²) in [5.41, 5.74) is -0.468. The van der Waals surface area contributed by atoms with Crippen LogP contribution in [0.2, 0.25) is 0 Å². The van der Waals surface area contributed by atoms with E-state index in [-0.39, 0.29) is 48.8 Å². The maximum Gasteiger partial charge on any atom is 0.307 e. The third kappa shape index (κ3) is 17.5. The van der Waals surface area contributed by atoms with Gasteiger partial charge in [0.05, 0.1) is 13.0 Å². The number of carbonyl (C=O) groups is 3. The van der Waals surface area contributed by atoms with Crippen molar-refractivity contribution in [3.05, 3.63) is 0 Å². The third-order valence-corrected chi connectivity index (χ3v) is 9.95. The minimum absolute atomic E-state index is 0.0423. The summed E-state index contributed by atoms with van der Waals surface area (Å²) in [5.74, 6) is -1.15. The zero-order chi connectivity index (χ0) is 34.5. The quantitative estimate of drug-likeness (QED) is 0.0789. The van der Waals surface area contributed by atoms with Crippen LogP contribution in [0.1, 0.15) is 183 Å². The Morgan fingerprint density at radius 3 is 1.98 bits per heavy atom. The molecule has 1 saturated heterocycles. The molecule has 4 unspecified atom stereocenters. The number of amides is 2. The number of unbranched alkanes of at least 4 members (excludes halogenated alkanes) is 13. The predicted molar refractivity (Wildman–Crippen MR) is 190 cm³/mol. The molecule has 0 aromatic heterocycles. The first kappa shape index (κ1) is 41.5. The van der Waals surface area contributed by atoms with Crippen LogP contribution in [0.15, 0.2) is 0 Å². The van der Waals surface area contributed by atoms with Crippen LogP contribution < -0.4 is 10.6 Å². The molecule has 8 heteroatoms. The van der Waals surface area contributed by atoms with Gasteiger partial charge in [0.25, 0.3) is 0 Å². The Kier molecular flexibility index (Phi) is 20.2. The van der Waals surface area contributed by atoms with Crippen LogP contribution in [-0.2, 0) is 28.6 Å². The molecule has 274 valence electrons. The highest BCUT2D eigenvalue weighted by molar-refractivity contribution is 5.82. The smallest absolute Gasteiger partial charge is 0.307 e. The van der Waals surface area contributed by atoms with Gasteiger partial charge in [-0.3, -0.25) is 14.4 Å². The van der Waals surface area contributed by atoms with Crippen molar-refractivity contribution in [3.8, 4) is 0 Å². The van der Waals surface area contributed by atoms with Crippen molar-refractivity contribution in [1.29, 1.82) is 0 Å². The summed E-state index contributed by atoms with van der Waals surface area (Å²) >= 11 is 0. The van der Waals surface area contributed by atoms with Gasteiger partial charge in [-0.25, -0.2) is 0 Å². The first-order chi connectivity index (χ1) is 22.5. The highest BCUT2D eigenvalue weighted by atomic mass is 16.7. The number of rotatable bonds is 24. The lowest BCUT2D eigenvalue weighted by Gasteiger charge is -2.44. The van der Waals surface area contributed by atoms with E-state index in [9.17, 15) is 14.4 Å². The Labute approximate surface area is 288 Å². The van der Waals surface area contributed by atoms with E-state index in [1.54, 1.807) is 13.8 Å². The zero-order valence-corrected chi connectivity index (χ0v) is 31.2. The molecule has 2 amide bonds. The molecule has 2 N–H and O–H groups in total. The van der Waals surface area contributed by atoms with Crippen LogP contribution >= 0.6 is 0 Å². The van der Waals surface area contributed by atoms with Gasteiger partial charge in [0.1, 0.15) is 12.2 Å². The second-order valence-corrected chi connectivity index (χ2v) is 15.6. The van der Waals surface area contributed by atoms with Crippen molar-refractivity contribution in [2.75, 3.05) is 13.2 Å². The lowest BCUT2D eigenvalue weighted by Crippen LogP contribution is -2.56. The zero-order valence-electron chi connectivity index (χ0n) is 31.2. The van der Waals surface area contributed by atoms with E-state index < -0.39 is 17.3 Å². The Bertz CT molecular complexity index is 891. The molecule has 1 aliphatic carbocycles. The lowest BCUT2D eigenvalue weighted by molar-refractivity contribution is -0.304. The molecule has 2 rings (SSSR count). The van der Waals surface area contributed by atoms with Crippen LogP contribution in [0.4, 0.5) is 0 Å². The number of hydrogen-bond acceptors (Lipinski definition) is 6. The summed E-state index contributed by atoms with van der Waals surface area (Å²) in [5, 5.41) is 6.15. The van der Waals surface area contributed by atoms with Crippen molar-refractivity contribution < 1.29 is 28.6 Å². The normalized spacial score (nSPS) is 22.7. The van der Waals surface area contributed by atoms with Gasteiger partial charge in [-0.1, -0.05) is 124 Å². The Morgan fingerprint density at radius 2 is 1.38 bits per heavy atom. The summed E-state index contributed by atoms with van der Waals surface area (Å²) in [6, 6.07) is 0.0423. The molecule has 0 aromatic carbocycles. The van der Waals surface area contributed by atoms with E-state index in [2.05, 4.69) is 24.5 Å². The van der Waals surface area contributed by atoms with Crippen molar-refractivity contribution in [2.45, 2.75) is 207 Å². The van der Waals surface area contributed by atoms with Gasteiger partial charge < -0.3 is 24.8 Å². The van der Waals surface area contributed by atoms with Crippen molar-refractivity contribution in [3.63, 3.8) is 0 Å². The van der Waals surface area contributed by atoms with Crippen molar-refractivity contribution >= 4 is 17.8 Å². The largest absolute Gasteiger partial charge is 0.462 e. The van der Waals surface area contributed by atoms with Crippen LogP contribution in [0.5, 0.6) is 0 Å². The van der Waals surface area contributed by atoms with Crippen LogP contribution in [0, 0.1) is 11.3 Å². The molecule has 0 aromatic rings. The molecule has 1 heterocycles. The second-order valence-electron chi connectivity index (χ2n) is 15.6. The molecule has 1 saturated carbocycles. The minimum Gasteiger partial charge on any atom is -0.462 e. The van der Waals surface area contributed by atoms with Gasteiger partial charge in [-0.05, 0) is 46.0 Å². The van der Waals surface area contributed by atoms with Gasteiger partial charge in [-0.2, -0.15) is 0 Å². The number of esters is 1. The Hall–Kier alpha value is -1.67. The second kappa shape index (κ2) is 22.9. The highest BCUT2D eigenvalue weighted by Crippen LogP contribution is 2.35. The Morgan fingerprint density at radius 1 is 0.787 bits per heavy atom. The standard InChI is InChI=1S/C39H72N2O6/c1-7-9-10-11-12-13-14-15-16-17-18-19-20-21-24-31(23-8-2)36(43)41-32-25-22-26-33(29-32)46-34(42)27-28-40-37(44)35-38(3,4)30-45-39(5,6)47-35/h31-33,35H,7-30H2,1-6H3,(H,40,44)(H,41,43). The fourth-order valence-electron chi connectivity index (χ4n) is 6.99. The molecular weight excluding hydrogens is 592 g/mol. The van der Waals surface area contributed by atoms with Crippen LogP contribution in [-0.4, -0.2) is 55.0 Å². The monoisotopic (exact) mass is 665 g/mol. The van der Waals surface area contributed by atoms with Gasteiger partial charge in [-0.15, -0.1) is 0 Å². The van der Waals surface area contributed by atoms with E-state index in [1.807, 2.05) is 13.8 Å². The highest BCUT2D eigenvalue weighted by Gasteiger charge is 2.45. The van der Waals surface area contributed by atoms with Gasteiger partial charge in [0.2, 0.25) is 11.8 Å². The van der Waals surface area contributed by atoms with E-state index in [0.29, 0.717) is 13.0 Å². The topological polar surface area (TPSA) is 103 Å². The maximum atomic E-state index is 13.2. The first-order valence-electron chi connectivity index (χ1n) is 19.6. The number of ether oxygens (including phenoxy) is 3. The summed E-state index contributed by atoms with van der Waals surface area (Å²) < 4.78 is 17.4. The minimum atomic E-state index is -0.827. The van der Waals surface area contributed by atoms with Gasteiger partial charge in [0, 0.05) is 30.3 Å². The van der Waals surface area contributed by atoms with E-state index >= 15 is 0 Å². The van der Waals surface area contributed by atoms with Gasteiger partial charge >= 0.3 is 5.97 Å². The number of hydrogen-bond donors (Lipinski definition) is 2. The van der Waals surface area contributed by atoms with Crippen molar-refractivity contribution in [2.24, 2.45) is 11.3 Å². The molecule has 0 spiro atoms. The molecule has 0 bridgehead atoms.